The minimum absolute atomic E-state index is 0.0938. The Hall–Kier alpha value is -1.88. The number of pyridine rings is 1. The quantitative estimate of drug-likeness (QED) is 0.848. The summed E-state index contributed by atoms with van der Waals surface area (Å²) in [4.78, 5) is 15.2. The number of hydrogen-bond acceptors (Lipinski definition) is 3. The number of carbonyl (C=O) groups excluding carboxylic acids is 1. The molecule has 2 aromatic rings. The Morgan fingerprint density at radius 2 is 2.17 bits per heavy atom. The highest BCUT2D eigenvalue weighted by Gasteiger charge is 2.29. The van der Waals surface area contributed by atoms with Gasteiger partial charge < -0.3 is 9.64 Å². The molecule has 0 aromatic carbocycles. The van der Waals surface area contributed by atoms with Gasteiger partial charge in [0.2, 0.25) is 0 Å². The Morgan fingerprint density at radius 3 is 2.88 bits per heavy atom. The summed E-state index contributed by atoms with van der Waals surface area (Å²) in [5.74, 6) is 0.746. The molecule has 0 spiro atoms. The maximum absolute atomic E-state index is 13.2. The normalized spacial score (nSPS) is 21.1. The molecule has 3 heterocycles. The molecule has 128 valence electrons. The molecule has 0 bridgehead atoms. The van der Waals surface area contributed by atoms with Gasteiger partial charge in [-0.05, 0) is 50.2 Å². The van der Waals surface area contributed by atoms with Gasteiger partial charge in [-0.1, -0.05) is 12.5 Å². The van der Waals surface area contributed by atoms with Crippen LogP contribution in [0.5, 0.6) is 0 Å². The van der Waals surface area contributed by atoms with E-state index in [4.69, 9.17) is 4.74 Å². The Bertz CT molecular complexity index is 729. The molecule has 1 atom stereocenters. The van der Waals surface area contributed by atoms with Crippen LogP contribution in [0.1, 0.15) is 48.0 Å². The topological polar surface area (TPSA) is 46.8 Å². The third kappa shape index (κ3) is 3.05. The molecule has 1 unspecified atom stereocenters. The molecule has 0 radical (unpaired) electrons. The Kier molecular flexibility index (Phi) is 4.27. The summed E-state index contributed by atoms with van der Waals surface area (Å²) in [5, 5.41) is 4.37. The molecule has 0 N–H and O–H groups in total. The average Bonchev–Trinajstić information content (AvgIpc) is 3.17. The summed E-state index contributed by atoms with van der Waals surface area (Å²) >= 11 is 0. The number of nitrogens with zero attached hydrogens (tertiary/aromatic N) is 3. The molecule has 1 saturated heterocycles. The maximum atomic E-state index is 13.2. The van der Waals surface area contributed by atoms with Crippen LogP contribution in [0.3, 0.4) is 0 Å². The Labute approximate surface area is 142 Å². The molecule has 5 nitrogen and oxygen atoms in total. The molecule has 4 rings (SSSR count). The lowest BCUT2D eigenvalue weighted by Crippen LogP contribution is -2.41. The van der Waals surface area contributed by atoms with Crippen molar-refractivity contribution in [2.45, 2.75) is 45.1 Å². The van der Waals surface area contributed by atoms with E-state index in [9.17, 15) is 4.79 Å². The fourth-order valence-corrected chi connectivity index (χ4v) is 3.68. The molecular formula is C19H25N3O2. The monoisotopic (exact) mass is 327 g/mol. The van der Waals surface area contributed by atoms with Crippen molar-refractivity contribution in [2.24, 2.45) is 5.92 Å². The second-order valence-electron chi connectivity index (χ2n) is 7.24. The first kappa shape index (κ1) is 15.6. The second kappa shape index (κ2) is 6.55. The van der Waals surface area contributed by atoms with Gasteiger partial charge in [0.15, 0.2) is 0 Å². The summed E-state index contributed by atoms with van der Waals surface area (Å²) in [5.41, 5.74) is 2.72. The molecular weight excluding hydrogens is 302 g/mol. The predicted molar refractivity (Wildman–Crippen MR) is 92.1 cm³/mol. The number of hydrogen-bond donors (Lipinski definition) is 0. The van der Waals surface area contributed by atoms with Crippen LogP contribution in [-0.4, -0.2) is 46.2 Å². The van der Waals surface area contributed by atoms with Gasteiger partial charge in [0.25, 0.3) is 5.91 Å². The number of aromatic nitrogens is 2. The lowest BCUT2D eigenvalue weighted by atomic mass is 9.85. The number of ether oxygens (including phenoxy) is 1. The molecule has 1 amide bonds. The van der Waals surface area contributed by atoms with Gasteiger partial charge in [0.05, 0.1) is 23.4 Å². The number of amides is 1. The van der Waals surface area contributed by atoms with Crippen LogP contribution in [0.15, 0.2) is 24.5 Å². The lowest BCUT2D eigenvalue weighted by Gasteiger charge is -2.33. The molecule has 2 aliphatic rings. The standard InChI is InChI=1S/C19H25N3O2/c1-14-7-8-18-17(10-20-22(18)11-14)19(23)21(12-15-4-2-5-15)13-16-6-3-9-24-16/h7-8,10-11,15-16H,2-6,9,12-13H2,1H3. The first-order valence-corrected chi connectivity index (χ1v) is 9.05. The van der Waals surface area contributed by atoms with E-state index >= 15 is 0 Å². The van der Waals surface area contributed by atoms with E-state index in [1.165, 1.54) is 19.3 Å². The van der Waals surface area contributed by atoms with Crippen molar-refractivity contribution in [3.05, 3.63) is 35.7 Å². The van der Waals surface area contributed by atoms with E-state index in [0.717, 1.165) is 37.1 Å². The summed E-state index contributed by atoms with van der Waals surface area (Å²) in [7, 11) is 0. The second-order valence-corrected chi connectivity index (χ2v) is 7.24. The minimum Gasteiger partial charge on any atom is -0.376 e. The van der Waals surface area contributed by atoms with Gasteiger partial charge in [0.1, 0.15) is 0 Å². The van der Waals surface area contributed by atoms with Crippen molar-refractivity contribution < 1.29 is 9.53 Å². The highest BCUT2D eigenvalue weighted by molar-refractivity contribution is 6.00. The van der Waals surface area contributed by atoms with Crippen LogP contribution in [0.25, 0.3) is 5.52 Å². The minimum atomic E-state index is 0.0938. The van der Waals surface area contributed by atoms with Crippen molar-refractivity contribution in [1.29, 1.82) is 0 Å². The Morgan fingerprint density at radius 1 is 1.29 bits per heavy atom. The highest BCUT2D eigenvalue weighted by atomic mass is 16.5. The molecule has 2 aromatic heterocycles. The van der Waals surface area contributed by atoms with Crippen LogP contribution in [0, 0.1) is 12.8 Å². The third-order valence-electron chi connectivity index (χ3n) is 5.33. The average molecular weight is 327 g/mol. The van der Waals surface area contributed by atoms with Crippen LogP contribution >= 0.6 is 0 Å². The van der Waals surface area contributed by atoms with E-state index in [2.05, 4.69) is 5.10 Å². The van der Waals surface area contributed by atoms with Crippen molar-refractivity contribution in [3.63, 3.8) is 0 Å². The zero-order valence-corrected chi connectivity index (χ0v) is 14.3. The van der Waals surface area contributed by atoms with Crippen LogP contribution < -0.4 is 0 Å². The van der Waals surface area contributed by atoms with Gasteiger partial charge in [-0.2, -0.15) is 5.10 Å². The summed E-state index contributed by atoms with van der Waals surface area (Å²) in [6, 6.07) is 4.02. The third-order valence-corrected chi connectivity index (χ3v) is 5.33. The van der Waals surface area contributed by atoms with Crippen LogP contribution in [-0.2, 0) is 4.74 Å². The van der Waals surface area contributed by atoms with E-state index in [-0.39, 0.29) is 12.0 Å². The predicted octanol–water partition coefficient (Wildman–Crippen LogP) is 3.06. The summed E-state index contributed by atoms with van der Waals surface area (Å²) in [6.45, 7) is 4.41. The van der Waals surface area contributed by atoms with E-state index in [1.807, 2.05) is 30.2 Å². The van der Waals surface area contributed by atoms with E-state index in [1.54, 1.807) is 10.7 Å². The number of aryl methyl sites for hydroxylation is 1. The smallest absolute Gasteiger partial charge is 0.257 e. The van der Waals surface area contributed by atoms with Crippen molar-refractivity contribution in [2.75, 3.05) is 19.7 Å². The zero-order valence-electron chi connectivity index (χ0n) is 14.3. The van der Waals surface area contributed by atoms with Crippen molar-refractivity contribution in [1.82, 2.24) is 14.5 Å². The lowest BCUT2D eigenvalue weighted by molar-refractivity contribution is 0.0449. The summed E-state index contributed by atoms with van der Waals surface area (Å²) in [6.07, 6.45) is 9.80. The molecule has 1 aliphatic carbocycles. The fraction of sp³-hybridized carbons (Fsp3) is 0.579. The zero-order chi connectivity index (χ0) is 16.5. The maximum Gasteiger partial charge on any atom is 0.257 e. The largest absolute Gasteiger partial charge is 0.376 e. The molecule has 24 heavy (non-hydrogen) atoms. The molecule has 5 heteroatoms. The molecule has 1 saturated carbocycles. The molecule has 2 fully saturated rings. The van der Waals surface area contributed by atoms with Crippen molar-refractivity contribution >= 4 is 11.4 Å². The first-order chi connectivity index (χ1) is 11.7. The number of rotatable bonds is 5. The SMILES string of the molecule is Cc1ccc2c(C(=O)N(CC3CCC3)CC3CCCO3)cnn2c1. The van der Waals surface area contributed by atoms with E-state index < -0.39 is 0 Å². The van der Waals surface area contributed by atoms with Gasteiger partial charge in [-0.3, -0.25) is 4.79 Å². The fourth-order valence-electron chi connectivity index (χ4n) is 3.68. The first-order valence-electron chi connectivity index (χ1n) is 9.05. The molecule has 1 aliphatic heterocycles. The summed E-state index contributed by atoms with van der Waals surface area (Å²) < 4.78 is 7.57. The highest BCUT2D eigenvalue weighted by Crippen LogP contribution is 2.28. The van der Waals surface area contributed by atoms with Crippen LogP contribution in [0.4, 0.5) is 0 Å². The van der Waals surface area contributed by atoms with Gasteiger partial charge in [-0.15, -0.1) is 0 Å². The van der Waals surface area contributed by atoms with Crippen molar-refractivity contribution in [3.8, 4) is 0 Å². The Balaban J connectivity index is 1.58. The van der Waals surface area contributed by atoms with Crippen LogP contribution in [0.2, 0.25) is 0 Å². The number of fused-ring (bicyclic) bond motifs is 1. The van der Waals surface area contributed by atoms with Gasteiger partial charge in [0, 0.05) is 25.9 Å². The van der Waals surface area contributed by atoms with Gasteiger partial charge in [-0.25, -0.2) is 4.52 Å². The number of carbonyl (C=O) groups is 1. The van der Waals surface area contributed by atoms with Gasteiger partial charge >= 0.3 is 0 Å². The van der Waals surface area contributed by atoms with E-state index in [0.29, 0.717) is 18.0 Å².